The van der Waals surface area contributed by atoms with E-state index in [1.807, 2.05) is 13.8 Å². The first kappa shape index (κ1) is 19.6. The smallest absolute Gasteiger partial charge is 0.407 e. The fourth-order valence-corrected chi connectivity index (χ4v) is 3.86. The van der Waals surface area contributed by atoms with E-state index >= 15 is 0 Å². The number of halogens is 1. The van der Waals surface area contributed by atoms with Gasteiger partial charge in [-0.15, -0.1) is 0 Å². The van der Waals surface area contributed by atoms with Gasteiger partial charge in [-0.25, -0.2) is 4.79 Å². The SMILES string of the molecule is COC1CN(C(=O)O)CCC1NC(=O)c1cc(Cl)c(N)c2c1OC(C)(C)C2. The molecule has 0 aromatic heterocycles. The van der Waals surface area contributed by atoms with Crippen molar-refractivity contribution in [2.45, 2.75) is 44.4 Å². The molecule has 0 bridgehead atoms. The number of hydrogen-bond acceptors (Lipinski definition) is 5. The van der Waals surface area contributed by atoms with Crippen molar-refractivity contribution in [2.24, 2.45) is 0 Å². The zero-order valence-electron chi connectivity index (χ0n) is 15.5. The second kappa shape index (κ2) is 7.09. The maximum absolute atomic E-state index is 12.9. The number of hydrogen-bond donors (Lipinski definition) is 3. The van der Waals surface area contributed by atoms with E-state index in [0.29, 0.717) is 41.4 Å². The van der Waals surface area contributed by atoms with Crippen molar-refractivity contribution >= 4 is 29.3 Å². The number of nitrogens with two attached hydrogens (primary N) is 1. The van der Waals surface area contributed by atoms with Crippen molar-refractivity contribution in [3.63, 3.8) is 0 Å². The molecular formula is C18H24ClN3O5. The Hall–Kier alpha value is -2.19. The summed E-state index contributed by atoms with van der Waals surface area (Å²) in [6.07, 6.45) is -0.422. The number of fused-ring (bicyclic) bond motifs is 1. The van der Waals surface area contributed by atoms with Gasteiger partial charge < -0.3 is 30.5 Å². The van der Waals surface area contributed by atoms with Crippen LogP contribution < -0.4 is 15.8 Å². The summed E-state index contributed by atoms with van der Waals surface area (Å²) >= 11 is 6.23. The molecule has 9 heteroatoms. The first-order valence-electron chi connectivity index (χ1n) is 8.74. The van der Waals surface area contributed by atoms with Crippen LogP contribution in [0.5, 0.6) is 5.75 Å². The Kier molecular flexibility index (Phi) is 5.14. The highest BCUT2D eigenvalue weighted by Gasteiger charge is 2.38. The van der Waals surface area contributed by atoms with Crippen LogP contribution in [0.2, 0.25) is 5.02 Å². The van der Waals surface area contributed by atoms with Crippen LogP contribution in [0.4, 0.5) is 10.5 Å². The minimum absolute atomic E-state index is 0.195. The van der Waals surface area contributed by atoms with Crippen molar-refractivity contribution in [3.8, 4) is 5.75 Å². The molecule has 3 rings (SSSR count). The van der Waals surface area contributed by atoms with Crippen molar-refractivity contribution in [3.05, 3.63) is 22.2 Å². The van der Waals surface area contributed by atoms with Crippen LogP contribution in [-0.4, -0.2) is 60.0 Å². The van der Waals surface area contributed by atoms with E-state index in [1.54, 1.807) is 0 Å². The van der Waals surface area contributed by atoms with Crippen molar-refractivity contribution < 1.29 is 24.2 Å². The number of nitrogen functional groups attached to an aromatic ring is 1. The van der Waals surface area contributed by atoms with E-state index in [-0.39, 0.29) is 18.5 Å². The molecular weight excluding hydrogens is 374 g/mol. The summed E-state index contributed by atoms with van der Waals surface area (Å²) in [5.41, 5.74) is 7.09. The molecule has 1 aromatic rings. The van der Waals surface area contributed by atoms with E-state index in [0.717, 1.165) is 5.56 Å². The standard InChI is InChI=1S/C18H24ClN3O5/c1-18(2)7-10-14(20)11(19)6-9(15(10)27-18)16(23)21-12-4-5-22(17(24)25)8-13(12)26-3/h6,12-13H,4-5,7-8,20H2,1-3H3,(H,21,23)(H,24,25). The van der Waals surface area contributed by atoms with Crippen LogP contribution in [0, 0.1) is 0 Å². The van der Waals surface area contributed by atoms with Crippen molar-refractivity contribution in [1.29, 1.82) is 0 Å². The van der Waals surface area contributed by atoms with Crippen LogP contribution in [-0.2, 0) is 11.2 Å². The molecule has 1 saturated heterocycles. The molecule has 2 aliphatic heterocycles. The topological polar surface area (TPSA) is 114 Å². The number of anilines is 1. The first-order valence-corrected chi connectivity index (χ1v) is 9.12. The number of nitrogens with zero attached hydrogens (tertiary/aromatic N) is 1. The van der Waals surface area contributed by atoms with E-state index < -0.39 is 17.8 Å². The minimum Gasteiger partial charge on any atom is -0.486 e. The fraction of sp³-hybridized carbons (Fsp3) is 0.556. The van der Waals surface area contributed by atoms with Crippen LogP contribution >= 0.6 is 11.6 Å². The summed E-state index contributed by atoms with van der Waals surface area (Å²) in [5, 5.41) is 12.4. The molecule has 2 amide bonds. The molecule has 27 heavy (non-hydrogen) atoms. The lowest BCUT2D eigenvalue weighted by molar-refractivity contribution is 0.0101. The zero-order valence-corrected chi connectivity index (χ0v) is 16.3. The molecule has 148 valence electrons. The van der Waals surface area contributed by atoms with E-state index in [1.165, 1.54) is 18.1 Å². The number of likely N-dealkylation sites (tertiary alicyclic amines) is 1. The Labute approximate surface area is 162 Å². The molecule has 0 spiro atoms. The minimum atomic E-state index is -0.999. The number of rotatable bonds is 3. The van der Waals surface area contributed by atoms with E-state index in [9.17, 15) is 9.59 Å². The van der Waals surface area contributed by atoms with Gasteiger partial charge in [0.1, 0.15) is 11.4 Å². The number of benzene rings is 1. The second-order valence-corrected chi connectivity index (χ2v) is 7.94. The van der Waals surface area contributed by atoms with Gasteiger partial charge in [-0.05, 0) is 26.3 Å². The number of amides is 2. The summed E-state index contributed by atoms with van der Waals surface area (Å²) < 4.78 is 11.3. The highest BCUT2D eigenvalue weighted by atomic mass is 35.5. The van der Waals surface area contributed by atoms with Crippen LogP contribution in [0.25, 0.3) is 0 Å². The number of carbonyl (C=O) groups is 2. The van der Waals surface area contributed by atoms with E-state index in [2.05, 4.69) is 5.32 Å². The van der Waals surface area contributed by atoms with Gasteiger partial charge >= 0.3 is 6.09 Å². The number of piperidine rings is 1. The van der Waals surface area contributed by atoms with Crippen LogP contribution in [0.1, 0.15) is 36.2 Å². The number of carboxylic acid groups (broad SMARTS) is 1. The van der Waals surface area contributed by atoms with Gasteiger partial charge in [0, 0.05) is 25.6 Å². The maximum Gasteiger partial charge on any atom is 0.407 e. The third-order valence-electron chi connectivity index (χ3n) is 5.05. The molecule has 0 radical (unpaired) electrons. The lowest BCUT2D eigenvalue weighted by Gasteiger charge is -2.36. The van der Waals surface area contributed by atoms with Gasteiger partial charge in [-0.2, -0.15) is 0 Å². The first-order chi connectivity index (χ1) is 12.6. The Morgan fingerprint density at radius 3 is 2.81 bits per heavy atom. The molecule has 0 saturated carbocycles. The Balaban J connectivity index is 1.83. The second-order valence-electron chi connectivity index (χ2n) is 7.54. The summed E-state index contributed by atoms with van der Waals surface area (Å²) in [7, 11) is 1.50. The highest BCUT2D eigenvalue weighted by molar-refractivity contribution is 6.33. The van der Waals surface area contributed by atoms with Gasteiger partial charge in [-0.1, -0.05) is 11.6 Å². The molecule has 2 atom stereocenters. The zero-order chi connectivity index (χ0) is 19.9. The molecule has 2 aliphatic rings. The largest absolute Gasteiger partial charge is 0.486 e. The lowest BCUT2D eigenvalue weighted by atomic mass is 9.98. The van der Waals surface area contributed by atoms with Crippen LogP contribution in [0.15, 0.2) is 6.07 Å². The maximum atomic E-state index is 12.9. The van der Waals surface area contributed by atoms with Gasteiger partial charge in [0.2, 0.25) is 0 Å². The molecule has 1 aromatic carbocycles. The summed E-state index contributed by atoms with van der Waals surface area (Å²) in [4.78, 5) is 25.4. The number of methoxy groups -OCH3 is 1. The van der Waals surface area contributed by atoms with Gasteiger partial charge in [-0.3, -0.25) is 4.79 Å². The third-order valence-corrected chi connectivity index (χ3v) is 5.36. The average Bonchev–Trinajstić information content (AvgIpc) is 2.93. The fourth-order valence-electron chi connectivity index (χ4n) is 3.64. The highest BCUT2D eigenvalue weighted by Crippen LogP contribution is 2.44. The molecule has 4 N–H and O–H groups in total. The lowest BCUT2D eigenvalue weighted by Crippen LogP contribution is -2.55. The average molecular weight is 398 g/mol. The third kappa shape index (κ3) is 3.77. The number of carbonyl (C=O) groups excluding carboxylic acids is 1. The van der Waals surface area contributed by atoms with E-state index in [4.69, 9.17) is 31.9 Å². The van der Waals surface area contributed by atoms with Crippen molar-refractivity contribution in [2.75, 3.05) is 25.9 Å². The van der Waals surface area contributed by atoms with Crippen LogP contribution in [0.3, 0.4) is 0 Å². The summed E-state index contributed by atoms with van der Waals surface area (Å²) in [5.74, 6) is 0.109. The number of ether oxygens (including phenoxy) is 2. The van der Waals surface area contributed by atoms with Crippen molar-refractivity contribution in [1.82, 2.24) is 10.2 Å². The Bertz CT molecular complexity index is 783. The molecule has 8 nitrogen and oxygen atoms in total. The Morgan fingerprint density at radius 1 is 1.48 bits per heavy atom. The predicted octanol–water partition coefficient (Wildman–Crippen LogP) is 2.13. The normalized spacial score (nSPS) is 23.5. The predicted molar refractivity (Wildman–Crippen MR) is 101 cm³/mol. The van der Waals surface area contributed by atoms with Gasteiger partial charge in [0.15, 0.2) is 0 Å². The molecule has 2 unspecified atom stereocenters. The number of nitrogens with one attached hydrogen (secondary N) is 1. The quantitative estimate of drug-likeness (QED) is 0.673. The monoisotopic (exact) mass is 397 g/mol. The molecule has 0 aliphatic carbocycles. The Morgan fingerprint density at radius 2 is 2.19 bits per heavy atom. The van der Waals surface area contributed by atoms with Gasteiger partial charge in [0.05, 0.1) is 35.0 Å². The molecule has 1 fully saturated rings. The van der Waals surface area contributed by atoms with Gasteiger partial charge in [0.25, 0.3) is 5.91 Å². The molecule has 2 heterocycles. The summed E-state index contributed by atoms with van der Waals surface area (Å²) in [6.45, 7) is 4.36. The summed E-state index contributed by atoms with van der Waals surface area (Å²) in [6, 6.07) is 1.19.